The first kappa shape index (κ1) is 11.6. The maximum atomic E-state index is 5.34. The second-order valence-electron chi connectivity index (χ2n) is 4.62. The fourth-order valence-corrected chi connectivity index (χ4v) is 1.93. The highest BCUT2D eigenvalue weighted by Crippen LogP contribution is 2.15. The van der Waals surface area contributed by atoms with Gasteiger partial charge in [0.2, 0.25) is 0 Å². The molecule has 0 atom stereocenters. The highest BCUT2D eigenvalue weighted by Gasteiger charge is 2.11. The summed E-state index contributed by atoms with van der Waals surface area (Å²) in [6.07, 6.45) is 1.92. The van der Waals surface area contributed by atoms with Crippen molar-refractivity contribution in [2.24, 2.45) is 0 Å². The SMILES string of the molecule is CC(C)c1ccnc(CN2CCOCC2)c1. The Morgan fingerprint density at radius 3 is 2.81 bits per heavy atom. The largest absolute Gasteiger partial charge is 0.379 e. The molecule has 3 heteroatoms. The van der Waals surface area contributed by atoms with Gasteiger partial charge in [-0.15, -0.1) is 0 Å². The minimum absolute atomic E-state index is 0.575. The van der Waals surface area contributed by atoms with Crippen molar-refractivity contribution >= 4 is 0 Å². The summed E-state index contributed by atoms with van der Waals surface area (Å²) >= 11 is 0. The van der Waals surface area contributed by atoms with E-state index < -0.39 is 0 Å². The van der Waals surface area contributed by atoms with E-state index in [1.165, 1.54) is 11.3 Å². The van der Waals surface area contributed by atoms with Crippen LogP contribution in [-0.4, -0.2) is 36.2 Å². The zero-order valence-corrected chi connectivity index (χ0v) is 10.1. The number of rotatable bonds is 3. The Hall–Kier alpha value is -0.930. The van der Waals surface area contributed by atoms with Gasteiger partial charge in [-0.25, -0.2) is 0 Å². The van der Waals surface area contributed by atoms with Crippen LogP contribution in [0.1, 0.15) is 31.0 Å². The Kier molecular flexibility index (Phi) is 3.91. The normalized spacial score (nSPS) is 17.9. The van der Waals surface area contributed by atoms with Gasteiger partial charge in [0.15, 0.2) is 0 Å². The summed E-state index contributed by atoms with van der Waals surface area (Å²) in [6, 6.07) is 4.33. The number of ether oxygens (including phenoxy) is 1. The van der Waals surface area contributed by atoms with Crippen molar-refractivity contribution in [3.63, 3.8) is 0 Å². The fourth-order valence-electron chi connectivity index (χ4n) is 1.93. The van der Waals surface area contributed by atoms with Crippen molar-refractivity contribution in [2.45, 2.75) is 26.3 Å². The van der Waals surface area contributed by atoms with Crippen molar-refractivity contribution in [2.75, 3.05) is 26.3 Å². The minimum Gasteiger partial charge on any atom is -0.379 e. The number of aromatic nitrogens is 1. The average Bonchev–Trinajstić information content (AvgIpc) is 2.30. The van der Waals surface area contributed by atoms with E-state index in [1.54, 1.807) is 0 Å². The molecule has 0 bridgehead atoms. The predicted octanol–water partition coefficient (Wildman–Crippen LogP) is 2.04. The molecule has 1 aliphatic rings. The maximum Gasteiger partial charge on any atom is 0.0594 e. The minimum atomic E-state index is 0.575. The number of nitrogens with zero attached hydrogens (tertiary/aromatic N) is 2. The van der Waals surface area contributed by atoms with Crippen molar-refractivity contribution < 1.29 is 4.74 Å². The molecule has 0 aliphatic carbocycles. The smallest absolute Gasteiger partial charge is 0.0594 e. The molecule has 0 amide bonds. The van der Waals surface area contributed by atoms with Crippen molar-refractivity contribution in [1.82, 2.24) is 9.88 Å². The lowest BCUT2D eigenvalue weighted by atomic mass is 10.0. The van der Waals surface area contributed by atoms with Gasteiger partial charge < -0.3 is 4.74 Å². The van der Waals surface area contributed by atoms with Crippen LogP contribution < -0.4 is 0 Å². The zero-order valence-electron chi connectivity index (χ0n) is 10.1. The first-order chi connectivity index (χ1) is 7.75. The van der Waals surface area contributed by atoms with Gasteiger partial charge in [-0.2, -0.15) is 0 Å². The average molecular weight is 220 g/mol. The van der Waals surface area contributed by atoms with Gasteiger partial charge in [-0.05, 0) is 23.6 Å². The Morgan fingerprint density at radius 2 is 2.12 bits per heavy atom. The van der Waals surface area contributed by atoms with Crippen LogP contribution in [-0.2, 0) is 11.3 Å². The van der Waals surface area contributed by atoms with Crippen LogP contribution in [0.3, 0.4) is 0 Å². The van der Waals surface area contributed by atoms with Crippen LogP contribution in [0.2, 0.25) is 0 Å². The summed E-state index contributed by atoms with van der Waals surface area (Å²) < 4.78 is 5.34. The Morgan fingerprint density at radius 1 is 1.38 bits per heavy atom. The molecule has 0 unspecified atom stereocenters. The second kappa shape index (κ2) is 5.41. The molecule has 0 radical (unpaired) electrons. The van der Waals surface area contributed by atoms with Gasteiger partial charge in [0, 0.05) is 25.8 Å². The molecule has 3 nitrogen and oxygen atoms in total. The van der Waals surface area contributed by atoms with Crippen molar-refractivity contribution in [3.8, 4) is 0 Å². The molecule has 2 rings (SSSR count). The number of pyridine rings is 1. The number of morpholine rings is 1. The topological polar surface area (TPSA) is 25.4 Å². The molecule has 2 heterocycles. The van der Waals surface area contributed by atoms with Crippen LogP contribution in [0.5, 0.6) is 0 Å². The third-order valence-electron chi connectivity index (χ3n) is 3.00. The molecule has 1 fully saturated rings. The second-order valence-corrected chi connectivity index (χ2v) is 4.62. The number of hydrogen-bond donors (Lipinski definition) is 0. The van der Waals surface area contributed by atoms with E-state index in [9.17, 15) is 0 Å². The van der Waals surface area contributed by atoms with Crippen molar-refractivity contribution in [3.05, 3.63) is 29.6 Å². The summed E-state index contributed by atoms with van der Waals surface area (Å²) in [5.41, 5.74) is 2.55. The number of hydrogen-bond acceptors (Lipinski definition) is 3. The van der Waals surface area contributed by atoms with Crippen LogP contribution in [0.4, 0.5) is 0 Å². The molecule has 88 valence electrons. The molecule has 0 saturated carbocycles. The highest BCUT2D eigenvalue weighted by molar-refractivity contribution is 5.19. The van der Waals surface area contributed by atoms with E-state index in [0.717, 1.165) is 32.8 Å². The molecule has 16 heavy (non-hydrogen) atoms. The van der Waals surface area contributed by atoms with E-state index in [-0.39, 0.29) is 0 Å². The first-order valence-electron chi connectivity index (χ1n) is 6.00. The molecular weight excluding hydrogens is 200 g/mol. The lowest BCUT2D eigenvalue weighted by molar-refractivity contribution is 0.0336. The van der Waals surface area contributed by atoms with Gasteiger partial charge >= 0.3 is 0 Å². The lowest BCUT2D eigenvalue weighted by Gasteiger charge is -2.26. The van der Waals surface area contributed by atoms with E-state index in [1.807, 2.05) is 6.20 Å². The molecule has 1 aromatic rings. The molecule has 1 aromatic heterocycles. The highest BCUT2D eigenvalue weighted by atomic mass is 16.5. The third kappa shape index (κ3) is 3.03. The Balaban J connectivity index is 2.00. The van der Waals surface area contributed by atoms with E-state index >= 15 is 0 Å². The van der Waals surface area contributed by atoms with E-state index in [4.69, 9.17) is 4.74 Å². The lowest BCUT2D eigenvalue weighted by Crippen LogP contribution is -2.35. The quantitative estimate of drug-likeness (QED) is 0.779. The molecule has 1 saturated heterocycles. The summed E-state index contributed by atoms with van der Waals surface area (Å²) in [5.74, 6) is 0.575. The van der Waals surface area contributed by atoms with Gasteiger partial charge in [-0.1, -0.05) is 13.8 Å². The summed E-state index contributed by atoms with van der Waals surface area (Å²) in [6.45, 7) is 9.13. The molecule has 0 spiro atoms. The van der Waals surface area contributed by atoms with Crippen LogP contribution in [0.25, 0.3) is 0 Å². The Bertz CT molecular complexity index is 332. The fraction of sp³-hybridized carbons (Fsp3) is 0.615. The van der Waals surface area contributed by atoms with E-state index in [2.05, 4.69) is 35.9 Å². The third-order valence-corrected chi connectivity index (χ3v) is 3.00. The van der Waals surface area contributed by atoms with Crippen LogP contribution >= 0.6 is 0 Å². The molecular formula is C13H20N2O. The summed E-state index contributed by atoms with van der Waals surface area (Å²) in [7, 11) is 0. The molecule has 1 aliphatic heterocycles. The molecule has 0 N–H and O–H groups in total. The van der Waals surface area contributed by atoms with Crippen molar-refractivity contribution in [1.29, 1.82) is 0 Å². The van der Waals surface area contributed by atoms with Gasteiger partial charge in [0.25, 0.3) is 0 Å². The predicted molar refractivity (Wildman–Crippen MR) is 64.4 cm³/mol. The summed E-state index contributed by atoms with van der Waals surface area (Å²) in [5, 5.41) is 0. The first-order valence-corrected chi connectivity index (χ1v) is 6.00. The monoisotopic (exact) mass is 220 g/mol. The van der Waals surface area contributed by atoms with Crippen LogP contribution in [0, 0.1) is 0 Å². The maximum absolute atomic E-state index is 5.34. The van der Waals surface area contributed by atoms with Gasteiger partial charge in [-0.3, -0.25) is 9.88 Å². The summed E-state index contributed by atoms with van der Waals surface area (Å²) in [4.78, 5) is 6.83. The molecule has 0 aromatic carbocycles. The van der Waals surface area contributed by atoms with Crippen LogP contribution in [0.15, 0.2) is 18.3 Å². The zero-order chi connectivity index (χ0) is 11.4. The Labute approximate surface area is 97.4 Å². The van der Waals surface area contributed by atoms with Gasteiger partial charge in [0.05, 0.1) is 18.9 Å². The van der Waals surface area contributed by atoms with Gasteiger partial charge in [0.1, 0.15) is 0 Å². The van der Waals surface area contributed by atoms with E-state index in [0.29, 0.717) is 5.92 Å². The standard InChI is InChI=1S/C13H20N2O/c1-11(2)12-3-4-14-13(9-12)10-15-5-7-16-8-6-15/h3-4,9,11H,5-8,10H2,1-2H3.